The fourth-order valence-corrected chi connectivity index (χ4v) is 3.74. The van der Waals surface area contributed by atoms with Gasteiger partial charge >= 0.3 is 6.03 Å². The lowest BCUT2D eigenvalue weighted by Gasteiger charge is -2.34. The third-order valence-corrected chi connectivity index (χ3v) is 5.35. The van der Waals surface area contributed by atoms with Crippen molar-refractivity contribution in [3.63, 3.8) is 0 Å². The summed E-state index contributed by atoms with van der Waals surface area (Å²) in [6.45, 7) is 3.91. The van der Waals surface area contributed by atoms with Crippen LogP contribution in [-0.2, 0) is 4.79 Å². The SMILES string of the molecule is O=C(CN1CCN(C(=O)c2cccc(N3CCNC3=O)c2)CC1)Nc1ccccc1. The number of anilines is 2. The summed E-state index contributed by atoms with van der Waals surface area (Å²) < 4.78 is 0. The first kappa shape index (κ1) is 19.9. The lowest BCUT2D eigenvalue weighted by atomic mass is 10.1. The second kappa shape index (κ2) is 8.96. The normalized spacial score (nSPS) is 17.0. The van der Waals surface area contributed by atoms with Crippen LogP contribution in [0.3, 0.4) is 0 Å². The van der Waals surface area contributed by atoms with Gasteiger partial charge in [-0.1, -0.05) is 24.3 Å². The summed E-state index contributed by atoms with van der Waals surface area (Å²) in [6.07, 6.45) is 0. The van der Waals surface area contributed by atoms with Gasteiger partial charge in [0, 0.05) is 56.2 Å². The molecule has 8 heteroatoms. The zero-order valence-corrected chi connectivity index (χ0v) is 16.7. The van der Waals surface area contributed by atoms with Crippen molar-refractivity contribution in [2.75, 3.05) is 56.0 Å². The Hall–Kier alpha value is -3.39. The zero-order chi connectivity index (χ0) is 20.9. The Morgan fingerprint density at radius 3 is 2.40 bits per heavy atom. The summed E-state index contributed by atoms with van der Waals surface area (Å²) in [7, 11) is 0. The highest BCUT2D eigenvalue weighted by atomic mass is 16.2. The van der Waals surface area contributed by atoms with E-state index >= 15 is 0 Å². The van der Waals surface area contributed by atoms with Gasteiger partial charge in [-0.3, -0.25) is 19.4 Å². The maximum atomic E-state index is 12.9. The van der Waals surface area contributed by atoms with Crippen LogP contribution < -0.4 is 15.5 Å². The zero-order valence-electron chi connectivity index (χ0n) is 16.7. The average molecular weight is 407 g/mol. The molecule has 0 radical (unpaired) electrons. The second-order valence-electron chi connectivity index (χ2n) is 7.42. The Balaban J connectivity index is 1.30. The van der Waals surface area contributed by atoms with E-state index in [-0.39, 0.29) is 17.8 Å². The minimum atomic E-state index is -0.137. The molecule has 0 atom stereocenters. The second-order valence-corrected chi connectivity index (χ2v) is 7.42. The quantitative estimate of drug-likeness (QED) is 0.789. The Labute approximate surface area is 175 Å². The van der Waals surface area contributed by atoms with Crippen LogP contribution in [0.1, 0.15) is 10.4 Å². The van der Waals surface area contributed by atoms with Crippen molar-refractivity contribution in [1.29, 1.82) is 0 Å². The molecule has 2 fully saturated rings. The summed E-state index contributed by atoms with van der Waals surface area (Å²) in [5.41, 5.74) is 2.08. The first-order valence-corrected chi connectivity index (χ1v) is 10.1. The van der Waals surface area contributed by atoms with Crippen LogP contribution in [0, 0.1) is 0 Å². The number of urea groups is 1. The van der Waals surface area contributed by atoms with Crippen molar-refractivity contribution >= 4 is 29.2 Å². The first-order chi connectivity index (χ1) is 14.6. The van der Waals surface area contributed by atoms with Gasteiger partial charge in [-0.05, 0) is 30.3 Å². The van der Waals surface area contributed by atoms with Crippen molar-refractivity contribution in [2.45, 2.75) is 0 Å². The van der Waals surface area contributed by atoms with Crippen molar-refractivity contribution in [1.82, 2.24) is 15.1 Å². The summed E-state index contributed by atoms with van der Waals surface area (Å²) in [5, 5.41) is 5.66. The molecule has 0 bridgehead atoms. The van der Waals surface area contributed by atoms with E-state index in [4.69, 9.17) is 0 Å². The number of nitrogens with one attached hydrogen (secondary N) is 2. The molecule has 2 aliphatic heterocycles. The Bertz CT molecular complexity index is 925. The molecule has 0 aromatic heterocycles. The van der Waals surface area contributed by atoms with E-state index in [1.54, 1.807) is 28.0 Å². The number of hydrogen-bond donors (Lipinski definition) is 2. The van der Waals surface area contributed by atoms with Gasteiger partial charge in [-0.15, -0.1) is 0 Å². The number of rotatable bonds is 5. The molecule has 0 aliphatic carbocycles. The van der Waals surface area contributed by atoms with Crippen molar-refractivity contribution < 1.29 is 14.4 Å². The third kappa shape index (κ3) is 4.60. The Morgan fingerprint density at radius 1 is 0.933 bits per heavy atom. The number of hydrogen-bond acceptors (Lipinski definition) is 4. The van der Waals surface area contributed by atoms with Crippen LogP contribution in [0.2, 0.25) is 0 Å². The predicted molar refractivity (Wildman–Crippen MR) is 115 cm³/mol. The fraction of sp³-hybridized carbons (Fsp3) is 0.318. The molecular weight excluding hydrogens is 382 g/mol. The number of carbonyl (C=O) groups is 3. The van der Waals surface area contributed by atoms with Gasteiger partial charge in [-0.25, -0.2) is 4.79 Å². The van der Waals surface area contributed by atoms with Crippen LogP contribution >= 0.6 is 0 Å². The van der Waals surface area contributed by atoms with E-state index in [2.05, 4.69) is 10.6 Å². The van der Waals surface area contributed by atoms with Crippen LogP contribution in [0.4, 0.5) is 16.2 Å². The lowest BCUT2D eigenvalue weighted by Crippen LogP contribution is -2.50. The molecule has 4 amide bonds. The van der Waals surface area contributed by atoms with Gasteiger partial charge in [0.05, 0.1) is 6.54 Å². The number of nitrogens with zero attached hydrogens (tertiary/aromatic N) is 3. The molecule has 2 N–H and O–H groups in total. The molecular formula is C22H25N5O3. The van der Waals surface area contributed by atoms with E-state index in [1.165, 1.54) is 0 Å². The number of piperazine rings is 1. The maximum absolute atomic E-state index is 12.9. The highest BCUT2D eigenvalue weighted by Gasteiger charge is 2.25. The average Bonchev–Trinajstić information content (AvgIpc) is 3.20. The van der Waals surface area contributed by atoms with Gasteiger partial charge in [0.15, 0.2) is 0 Å². The topological polar surface area (TPSA) is 85.0 Å². The minimum absolute atomic E-state index is 0.0511. The van der Waals surface area contributed by atoms with Crippen molar-refractivity contribution in [3.05, 3.63) is 60.2 Å². The number of amides is 4. The van der Waals surface area contributed by atoms with Gasteiger partial charge in [-0.2, -0.15) is 0 Å². The van der Waals surface area contributed by atoms with Crippen LogP contribution in [0.25, 0.3) is 0 Å². The molecule has 4 rings (SSSR count). The smallest absolute Gasteiger partial charge is 0.321 e. The molecule has 0 saturated carbocycles. The number of carbonyl (C=O) groups excluding carboxylic acids is 3. The Morgan fingerprint density at radius 2 is 1.70 bits per heavy atom. The molecule has 2 aromatic rings. The maximum Gasteiger partial charge on any atom is 0.321 e. The molecule has 0 spiro atoms. The molecule has 2 aromatic carbocycles. The largest absolute Gasteiger partial charge is 0.336 e. The molecule has 2 heterocycles. The highest BCUT2D eigenvalue weighted by Crippen LogP contribution is 2.19. The lowest BCUT2D eigenvalue weighted by molar-refractivity contribution is -0.117. The summed E-state index contributed by atoms with van der Waals surface area (Å²) in [5.74, 6) is -0.109. The fourth-order valence-electron chi connectivity index (χ4n) is 3.74. The summed E-state index contributed by atoms with van der Waals surface area (Å²) in [6, 6.07) is 16.4. The van der Waals surface area contributed by atoms with Crippen molar-refractivity contribution in [2.24, 2.45) is 0 Å². The highest BCUT2D eigenvalue weighted by molar-refractivity contribution is 5.98. The summed E-state index contributed by atoms with van der Waals surface area (Å²) in [4.78, 5) is 42.5. The van der Waals surface area contributed by atoms with Crippen LogP contribution in [-0.4, -0.2) is 73.5 Å². The van der Waals surface area contributed by atoms with Gasteiger partial charge in [0.25, 0.3) is 5.91 Å². The molecule has 2 saturated heterocycles. The Kier molecular flexibility index (Phi) is 5.94. The van der Waals surface area contributed by atoms with Crippen LogP contribution in [0.5, 0.6) is 0 Å². The monoisotopic (exact) mass is 407 g/mol. The molecule has 30 heavy (non-hydrogen) atoms. The van der Waals surface area contributed by atoms with Gasteiger partial charge in [0.1, 0.15) is 0 Å². The van der Waals surface area contributed by atoms with E-state index in [1.807, 2.05) is 41.3 Å². The minimum Gasteiger partial charge on any atom is -0.336 e. The summed E-state index contributed by atoms with van der Waals surface area (Å²) >= 11 is 0. The molecule has 0 unspecified atom stereocenters. The number of benzene rings is 2. The van der Waals surface area contributed by atoms with Gasteiger partial charge in [0.2, 0.25) is 5.91 Å². The van der Waals surface area contributed by atoms with E-state index in [0.717, 1.165) is 11.4 Å². The molecule has 2 aliphatic rings. The van der Waals surface area contributed by atoms with E-state index in [9.17, 15) is 14.4 Å². The van der Waals surface area contributed by atoms with Crippen LogP contribution in [0.15, 0.2) is 54.6 Å². The molecule has 156 valence electrons. The van der Waals surface area contributed by atoms with E-state index in [0.29, 0.717) is 51.4 Å². The van der Waals surface area contributed by atoms with Gasteiger partial charge < -0.3 is 15.5 Å². The van der Waals surface area contributed by atoms with E-state index < -0.39 is 0 Å². The molecule has 8 nitrogen and oxygen atoms in total. The first-order valence-electron chi connectivity index (χ1n) is 10.1. The number of para-hydroxylation sites is 1. The third-order valence-electron chi connectivity index (χ3n) is 5.35. The van der Waals surface area contributed by atoms with Crippen molar-refractivity contribution in [3.8, 4) is 0 Å². The standard InChI is InChI=1S/C22H25N5O3/c28-20(24-18-6-2-1-3-7-18)16-25-11-13-26(14-12-25)21(29)17-5-4-8-19(15-17)27-10-9-23-22(27)30/h1-8,15H,9-14,16H2,(H,23,30)(H,24,28). The predicted octanol–water partition coefficient (Wildman–Crippen LogP) is 1.61.